The minimum Gasteiger partial charge on any atom is -0.352 e. The van der Waals surface area contributed by atoms with Crippen LogP contribution in [0.2, 0.25) is 0 Å². The Labute approximate surface area is 223 Å². The molecule has 2 amide bonds. The molecule has 1 aliphatic carbocycles. The summed E-state index contributed by atoms with van der Waals surface area (Å²) in [6, 6.07) is 14.1. The molecule has 0 aromatic heterocycles. The third-order valence-corrected chi connectivity index (χ3v) is 8.30. The van der Waals surface area contributed by atoms with Crippen molar-refractivity contribution in [3.63, 3.8) is 0 Å². The fourth-order valence-electron chi connectivity index (χ4n) is 4.63. The van der Waals surface area contributed by atoms with Gasteiger partial charge in [-0.25, -0.2) is 8.42 Å². The van der Waals surface area contributed by atoms with E-state index in [4.69, 9.17) is 0 Å². The minimum atomic E-state index is -3.75. The van der Waals surface area contributed by atoms with Gasteiger partial charge in [0.1, 0.15) is 12.6 Å². The number of amides is 2. The van der Waals surface area contributed by atoms with Gasteiger partial charge >= 0.3 is 0 Å². The highest BCUT2D eigenvalue weighted by Gasteiger charge is 2.31. The maximum absolute atomic E-state index is 13.7. The summed E-state index contributed by atoms with van der Waals surface area (Å²) in [6.07, 6.45) is 6.95. The van der Waals surface area contributed by atoms with E-state index >= 15 is 0 Å². The number of nitrogens with one attached hydrogen (secondary N) is 1. The fraction of sp³-hybridized carbons (Fsp3) is 0.481. The third-order valence-electron chi connectivity index (χ3n) is 6.68. The van der Waals surface area contributed by atoms with Gasteiger partial charge in [0.15, 0.2) is 0 Å². The number of carbonyl (C=O) groups is 2. The molecule has 1 aliphatic rings. The Morgan fingerprint density at radius 3 is 2.42 bits per heavy atom. The zero-order valence-corrected chi connectivity index (χ0v) is 23.6. The van der Waals surface area contributed by atoms with Crippen LogP contribution in [0.25, 0.3) is 0 Å². The van der Waals surface area contributed by atoms with Crippen LogP contribution < -0.4 is 9.62 Å². The van der Waals surface area contributed by atoms with Gasteiger partial charge in [-0.3, -0.25) is 13.9 Å². The number of sulfonamides is 1. The van der Waals surface area contributed by atoms with E-state index in [1.165, 1.54) is 11.3 Å². The molecule has 3 rings (SSSR count). The lowest BCUT2D eigenvalue weighted by atomic mass is 9.95. The first-order valence-corrected chi connectivity index (χ1v) is 15.1. The fourth-order valence-corrected chi connectivity index (χ4v) is 5.96. The first kappa shape index (κ1) is 28.2. The molecule has 0 spiro atoms. The Hall–Kier alpha value is -2.39. The SMILES string of the molecule is CCc1ccccc1N(CC(=O)N(Cc1cccc(Br)c1)[C@@H](C)C(=O)NC1CCCCC1)S(C)(=O)=O. The van der Waals surface area contributed by atoms with Gasteiger partial charge < -0.3 is 10.2 Å². The molecule has 0 saturated heterocycles. The lowest BCUT2D eigenvalue weighted by Gasteiger charge is -2.33. The molecule has 9 heteroatoms. The number of para-hydroxylation sites is 1. The Morgan fingerprint density at radius 2 is 1.78 bits per heavy atom. The summed E-state index contributed by atoms with van der Waals surface area (Å²) in [5.74, 6) is -0.650. The van der Waals surface area contributed by atoms with E-state index in [0.29, 0.717) is 12.1 Å². The van der Waals surface area contributed by atoms with E-state index < -0.39 is 22.0 Å². The number of hydrogen-bond donors (Lipinski definition) is 1. The molecule has 36 heavy (non-hydrogen) atoms. The second kappa shape index (κ2) is 12.7. The van der Waals surface area contributed by atoms with Gasteiger partial charge in [-0.15, -0.1) is 0 Å². The Balaban J connectivity index is 1.89. The van der Waals surface area contributed by atoms with Crippen LogP contribution in [0.1, 0.15) is 57.1 Å². The summed E-state index contributed by atoms with van der Waals surface area (Å²) in [4.78, 5) is 28.4. The largest absolute Gasteiger partial charge is 0.352 e. The van der Waals surface area contributed by atoms with E-state index in [1.54, 1.807) is 19.1 Å². The van der Waals surface area contributed by atoms with Crippen LogP contribution in [0, 0.1) is 0 Å². The van der Waals surface area contributed by atoms with Crippen molar-refractivity contribution in [1.82, 2.24) is 10.2 Å². The second-order valence-electron chi connectivity index (χ2n) is 9.42. The predicted octanol–water partition coefficient (Wildman–Crippen LogP) is 4.64. The number of aryl methyl sites for hydroxylation is 1. The normalized spacial score (nSPS) is 15.2. The second-order valence-corrected chi connectivity index (χ2v) is 12.2. The molecule has 0 aliphatic heterocycles. The maximum Gasteiger partial charge on any atom is 0.244 e. The highest BCUT2D eigenvalue weighted by Crippen LogP contribution is 2.25. The van der Waals surface area contributed by atoms with Crippen molar-refractivity contribution in [3.8, 4) is 0 Å². The minimum absolute atomic E-state index is 0.112. The lowest BCUT2D eigenvalue weighted by Crippen LogP contribution is -2.53. The molecule has 0 unspecified atom stereocenters. The standard InChI is InChI=1S/C27H36BrN3O4S/c1-4-22-12-8-9-16-25(22)31(36(3,34)35)19-26(32)30(18-21-11-10-13-23(28)17-21)20(2)27(33)29-24-14-6-5-7-15-24/h8-13,16-17,20,24H,4-7,14-15,18-19H2,1-3H3,(H,29,33)/t20-/m0/s1. The van der Waals surface area contributed by atoms with Crippen LogP contribution in [0.4, 0.5) is 5.69 Å². The van der Waals surface area contributed by atoms with E-state index in [-0.39, 0.29) is 25.0 Å². The number of benzene rings is 2. The van der Waals surface area contributed by atoms with Crippen LogP contribution in [0.3, 0.4) is 0 Å². The van der Waals surface area contributed by atoms with Crippen LogP contribution in [-0.2, 0) is 32.6 Å². The number of halogens is 1. The van der Waals surface area contributed by atoms with Crippen LogP contribution in [0.15, 0.2) is 53.0 Å². The topological polar surface area (TPSA) is 86.8 Å². The molecular formula is C27H36BrN3O4S. The summed E-state index contributed by atoms with van der Waals surface area (Å²) in [5, 5.41) is 3.11. The molecule has 0 radical (unpaired) electrons. The zero-order chi connectivity index (χ0) is 26.3. The molecule has 0 bridgehead atoms. The number of rotatable bonds is 10. The molecule has 0 heterocycles. The van der Waals surface area contributed by atoms with Gasteiger partial charge in [0, 0.05) is 17.1 Å². The lowest BCUT2D eigenvalue weighted by molar-refractivity contribution is -0.139. The molecule has 1 saturated carbocycles. The van der Waals surface area contributed by atoms with Gasteiger partial charge in [0.25, 0.3) is 0 Å². The summed E-state index contributed by atoms with van der Waals surface area (Å²) in [7, 11) is -3.75. The van der Waals surface area contributed by atoms with Crippen LogP contribution in [0.5, 0.6) is 0 Å². The Bertz CT molecular complexity index is 1170. The summed E-state index contributed by atoms with van der Waals surface area (Å²) in [6.45, 7) is 3.45. The summed E-state index contributed by atoms with van der Waals surface area (Å²) in [5.41, 5.74) is 2.16. The molecule has 196 valence electrons. The first-order chi connectivity index (χ1) is 17.1. The van der Waals surface area contributed by atoms with Crippen molar-refractivity contribution < 1.29 is 18.0 Å². The van der Waals surface area contributed by atoms with Gasteiger partial charge in [0.2, 0.25) is 21.8 Å². The number of nitrogens with zero attached hydrogens (tertiary/aromatic N) is 2. The smallest absolute Gasteiger partial charge is 0.244 e. The number of anilines is 1. The van der Waals surface area contributed by atoms with E-state index in [0.717, 1.165) is 51.8 Å². The van der Waals surface area contributed by atoms with E-state index in [2.05, 4.69) is 21.2 Å². The first-order valence-electron chi connectivity index (χ1n) is 12.5. The van der Waals surface area contributed by atoms with Gasteiger partial charge in [-0.05, 0) is 55.5 Å². The van der Waals surface area contributed by atoms with Crippen molar-refractivity contribution in [2.24, 2.45) is 0 Å². The summed E-state index contributed by atoms with van der Waals surface area (Å²) < 4.78 is 27.6. The highest BCUT2D eigenvalue weighted by atomic mass is 79.9. The van der Waals surface area contributed by atoms with E-state index in [9.17, 15) is 18.0 Å². The van der Waals surface area contributed by atoms with Gasteiger partial charge in [-0.1, -0.05) is 72.4 Å². The molecule has 7 nitrogen and oxygen atoms in total. The van der Waals surface area contributed by atoms with Gasteiger partial charge in [-0.2, -0.15) is 0 Å². The van der Waals surface area contributed by atoms with Gasteiger partial charge in [0.05, 0.1) is 11.9 Å². The van der Waals surface area contributed by atoms with Crippen LogP contribution in [-0.4, -0.2) is 50.0 Å². The quantitative estimate of drug-likeness (QED) is 0.445. The average Bonchev–Trinajstić information content (AvgIpc) is 2.85. The third kappa shape index (κ3) is 7.56. The number of carbonyl (C=O) groups excluding carboxylic acids is 2. The van der Waals surface area contributed by atoms with Crippen LogP contribution >= 0.6 is 15.9 Å². The molecule has 1 N–H and O–H groups in total. The van der Waals surface area contributed by atoms with Crippen molar-refractivity contribution in [2.45, 2.75) is 71.0 Å². The average molecular weight is 579 g/mol. The molecule has 1 atom stereocenters. The Kier molecular flexibility index (Phi) is 9.96. The molecule has 2 aromatic rings. The summed E-state index contributed by atoms with van der Waals surface area (Å²) >= 11 is 3.46. The monoisotopic (exact) mass is 577 g/mol. The van der Waals surface area contributed by atoms with Crippen molar-refractivity contribution in [2.75, 3.05) is 17.1 Å². The maximum atomic E-state index is 13.7. The predicted molar refractivity (Wildman–Crippen MR) is 147 cm³/mol. The van der Waals surface area contributed by atoms with Crippen molar-refractivity contribution in [3.05, 3.63) is 64.1 Å². The highest BCUT2D eigenvalue weighted by molar-refractivity contribution is 9.10. The van der Waals surface area contributed by atoms with E-state index in [1.807, 2.05) is 43.3 Å². The molecule has 1 fully saturated rings. The molecular weight excluding hydrogens is 542 g/mol. The van der Waals surface area contributed by atoms with Crippen molar-refractivity contribution in [1.29, 1.82) is 0 Å². The zero-order valence-electron chi connectivity index (χ0n) is 21.2. The Morgan fingerprint density at radius 1 is 1.08 bits per heavy atom. The van der Waals surface area contributed by atoms with Crippen molar-refractivity contribution >= 4 is 43.5 Å². The molecule has 2 aromatic carbocycles. The number of hydrogen-bond acceptors (Lipinski definition) is 4.